The summed E-state index contributed by atoms with van der Waals surface area (Å²) in [5.74, 6) is -2.29. The van der Waals surface area contributed by atoms with Crippen molar-refractivity contribution in [3.63, 3.8) is 0 Å². The number of benzene rings is 1. The Kier molecular flexibility index (Phi) is 9.84. The first-order valence-corrected chi connectivity index (χ1v) is 14.3. The van der Waals surface area contributed by atoms with Crippen molar-refractivity contribution < 1.29 is 23.5 Å². The number of Topliss-reactive ketones (excluding diaryl/α,β-unsaturated/α-hetero) is 1. The van der Waals surface area contributed by atoms with Gasteiger partial charge >= 0.3 is 0 Å². The number of ketones is 1. The van der Waals surface area contributed by atoms with Crippen molar-refractivity contribution in [3.8, 4) is 17.3 Å². The maximum atomic E-state index is 15.1. The molecule has 2 aromatic rings. The lowest BCUT2D eigenvalue weighted by Gasteiger charge is -2.32. The fourth-order valence-electron chi connectivity index (χ4n) is 4.73. The molecule has 3 heterocycles. The highest BCUT2D eigenvalue weighted by atomic mass is 32.1. The van der Waals surface area contributed by atoms with Crippen LogP contribution in [0, 0.1) is 29.0 Å². The summed E-state index contributed by atoms with van der Waals surface area (Å²) < 4.78 is 20.5. The van der Waals surface area contributed by atoms with Crippen LogP contribution in [-0.2, 0) is 14.3 Å². The highest BCUT2D eigenvalue weighted by Crippen LogP contribution is 2.30. The van der Waals surface area contributed by atoms with Crippen molar-refractivity contribution >= 4 is 34.1 Å². The molecule has 1 aromatic heterocycles. The van der Waals surface area contributed by atoms with E-state index in [4.69, 9.17) is 4.74 Å². The number of anilines is 1. The number of hydrogen-bond acceptors (Lipinski definition) is 9. The molecule has 2 saturated heterocycles. The van der Waals surface area contributed by atoms with E-state index in [0.717, 1.165) is 37.4 Å². The summed E-state index contributed by atoms with van der Waals surface area (Å²) >= 11 is 1.47. The van der Waals surface area contributed by atoms with Gasteiger partial charge in [-0.1, -0.05) is 13.8 Å². The van der Waals surface area contributed by atoms with Crippen molar-refractivity contribution in [2.45, 2.75) is 38.8 Å². The molecular formula is C28H35FN6O4S. The Morgan fingerprint density at radius 3 is 2.65 bits per heavy atom. The third-order valence-electron chi connectivity index (χ3n) is 7.10. The van der Waals surface area contributed by atoms with Crippen LogP contribution in [0.3, 0.4) is 0 Å². The van der Waals surface area contributed by atoms with Crippen LogP contribution in [0.15, 0.2) is 23.6 Å². The van der Waals surface area contributed by atoms with Crippen LogP contribution in [0.1, 0.15) is 37.0 Å². The number of rotatable bonds is 10. The minimum Gasteiger partial charge on any atom is -0.369 e. The predicted octanol–water partition coefficient (Wildman–Crippen LogP) is 2.46. The number of ether oxygens (including phenoxy) is 1. The predicted molar refractivity (Wildman–Crippen MR) is 149 cm³/mol. The van der Waals surface area contributed by atoms with Gasteiger partial charge in [-0.25, -0.2) is 9.37 Å². The second-order valence-corrected chi connectivity index (χ2v) is 11.6. The lowest BCUT2D eigenvalue weighted by Crippen LogP contribution is -2.49. The molecule has 0 spiro atoms. The molecule has 2 fully saturated rings. The molecular weight excluding hydrogens is 535 g/mol. The van der Waals surface area contributed by atoms with E-state index >= 15 is 4.39 Å². The number of aromatic nitrogens is 1. The Morgan fingerprint density at radius 1 is 1.27 bits per heavy atom. The maximum absolute atomic E-state index is 15.1. The van der Waals surface area contributed by atoms with Gasteiger partial charge in [0.1, 0.15) is 18.5 Å². The minimum atomic E-state index is -0.884. The maximum Gasteiger partial charge on any atom is 0.252 e. The van der Waals surface area contributed by atoms with Gasteiger partial charge in [0, 0.05) is 55.7 Å². The molecule has 10 nitrogen and oxygen atoms in total. The van der Waals surface area contributed by atoms with Crippen LogP contribution in [0.2, 0.25) is 0 Å². The summed E-state index contributed by atoms with van der Waals surface area (Å²) in [5, 5.41) is 17.5. The first kappa shape index (κ1) is 29.6. The van der Waals surface area contributed by atoms with E-state index in [2.05, 4.69) is 38.5 Å². The number of nitrogens with one attached hydrogen (secondary N) is 2. The summed E-state index contributed by atoms with van der Waals surface area (Å²) in [6.45, 7) is 7.41. The average molecular weight is 571 g/mol. The summed E-state index contributed by atoms with van der Waals surface area (Å²) in [6, 6.07) is 5.41. The molecule has 0 aliphatic carbocycles. The number of piperazine rings is 1. The first-order chi connectivity index (χ1) is 19.1. The first-order valence-electron chi connectivity index (χ1n) is 13.4. The molecule has 4 rings (SSSR count). The molecule has 2 aliphatic heterocycles. The number of halogens is 1. The number of carbonyl (C=O) groups excluding carboxylic acids is 3. The van der Waals surface area contributed by atoms with Gasteiger partial charge in [0.15, 0.2) is 10.9 Å². The van der Waals surface area contributed by atoms with Gasteiger partial charge in [-0.05, 0) is 37.6 Å². The molecule has 3 atom stereocenters. The second-order valence-electron chi connectivity index (χ2n) is 10.7. The Hall–Kier alpha value is -3.40. The molecule has 0 bridgehead atoms. The number of likely N-dealkylation sites (N-methyl/N-ethyl adjacent to an activating group) is 1. The molecule has 2 amide bonds. The highest BCUT2D eigenvalue weighted by Gasteiger charge is 2.32. The lowest BCUT2D eigenvalue weighted by atomic mass is 9.99. The van der Waals surface area contributed by atoms with E-state index in [0.29, 0.717) is 17.7 Å². The zero-order valence-electron chi connectivity index (χ0n) is 23.0. The normalized spacial score (nSPS) is 19.4. The fraction of sp³-hybridized carbons (Fsp3) is 0.536. The summed E-state index contributed by atoms with van der Waals surface area (Å²) in [7, 11) is 2.08. The van der Waals surface area contributed by atoms with Crippen molar-refractivity contribution in [2.75, 3.05) is 51.3 Å². The molecule has 214 valence electrons. The third-order valence-corrected chi connectivity index (χ3v) is 8.00. The van der Waals surface area contributed by atoms with Crippen molar-refractivity contribution in [1.82, 2.24) is 20.5 Å². The van der Waals surface area contributed by atoms with Crippen molar-refractivity contribution in [1.29, 1.82) is 5.26 Å². The van der Waals surface area contributed by atoms with Gasteiger partial charge in [0.2, 0.25) is 5.91 Å². The van der Waals surface area contributed by atoms with Gasteiger partial charge in [0.05, 0.1) is 23.8 Å². The van der Waals surface area contributed by atoms with Crippen LogP contribution in [-0.4, -0.2) is 86.0 Å². The van der Waals surface area contributed by atoms with Crippen LogP contribution in [0.4, 0.5) is 9.52 Å². The minimum absolute atomic E-state index is 0.00910. The standard InChI is InChI=1S/C28H35FN6O4S/c1-17(2)10-23(27(38)31-14-19(13-30)25-12-20(36)15-39-25)32-26(37)18-4-5-21(22(29)11-18)24-16-40-28(33-24)35-8-6-34(3)7-9-35/h4-5,11,16-17,19,23,25H,6-10,12,14-15H2,1-3H3,(H,31,38)(H,32,37). The number of thiazole rings is 1. The number of nitriles is 1. The van der Waals surface area contributed by atoms with Crippen LogP contribution in [0.25, 0.3) is 11.3 Å². The van der Waals surface area contributed by atoms with Gasteiger partial charge in [-0.3, -0.25) is 14.4 Å². The van der Waals surface area contributed by atoms with Gasteiger partial charge in [-0.2, -0.15) is 5.26 Å². The van der Waals surface area contributed by atoms with Gasteiger partial charge < -0.3 is 25.2 Å². The second kappa shape index (κ2) is 13.3. The van der Waals surface area contributed by atoms with Crippen LogP contribution >= 0.6 is 11.3 Å². The Morgan fingerprint density at radius 2 is 2.02 bits per heavy atom. The third kappa shape index (κ3) is 7.41. The average Bonchev–Trinajstić information content (AvgIpc) is 3.58. The topological polar surface area (TPSA) is 128 Å². The molecule has 0 radical (unpaired) electrons. The number of carbonyl (C=O) groups is 3. The highest BCUT2D eigenvalue weighted by molar-refractivity contribution is 7.14. The zero-order valence-corrected chi connectivity index (χ0v) is 23.8. The smallest absolute Gasteiger partial charge is 0.252 e. The molecule has 2 aliphatic rings. The lowest BCUT2D eigenvalue weighted by molar-refractivity contribution is -0.123. The van der Waals surface area contributed by atoms with Crippen LogP contribution < -0.4 is 15.5 Å². The summed E-state index contributed by atoms with van der Waals surface area (Å²) in [4.78, 5) is 46.6. The van der Waals surface area contributed by atoms with E-state index in [1.165, 1.54) is 23.5 Å². The molecule has 12 heteroatoms. The van der Waals surface area contributed by atoms with E-state index < -0.39 is 35.7 Å². The fourth-order valence-corrected chi connectivity index (χ4v) is 5.61. The Bertz CT molecular complexity index is 1270. The Balaban J connectivity index is 1.39. The van der Waals surface area contributed by atoms with Crippen molar-refractivity contribution in [3.05, 3.63) is 35.0 Å². The SMILES string of the molecule is CC(C)CC(NC(=O)c1ccc(-c2csc(N3CCN(C)CC3)n2)c(F)c1)C(=O)NCC(C#N)C1CC(=O)CO1. The van der Waals surface area contributed by atoms with Gasteiger partial charge in [-0.15, -0.1) is 11.3 Å². The monoisotopic (exact) mass is 570 g/mol. The summed E-state index contributed by atoms with van der Waals surface area (Å²) in [6.07, 6.45) is -0.0746. The zero-order chi connectivity index (χ0) is 28.8. The Labute approximate surface area is 237 Å². The molecule has 40 heavy (non-hydrogen) atoms. The van der Waals surface area contributed by atoms with E-state index in [-0.39, 0.29) is 36.8 Å². The van der Waals surface area contributed by atoms with E-state index in [9.17, 15) is 19.6 Å². The number of nitrogens with zero attached hydrogens (tertiary/aromatic N) is 4. The van der Waals surface area contributed by atoms with E-state index in [1.807, 2.05) is 19.2 Å². The van der Waals surface area contributed by atoms with E-state index in [1.54, 1.807) is 0 Å². The molecule has 1 aromatic carbocycles. The molecule has 0 saturated carbocycles. The quantitative estimate of drug-likeness (QED) is 0.446. The summed E-state index contributed by atoms with van der Waals surface area (Å²) in [5.41, 5.74) is 0.908. The van der Waals surface area contributed by atoms with Gasteiger partial charge in [0.25, 0.3) is 5.91 Å². The molecule has 2 N–H and O–H groups in total. The van der Waals surface area contributed by atoms with Crippen molar-refractivity contribution in [2.24, 2.45) is 11.8 Å². The largest absolute Gasteiger partial charge is 0.369 e. The van der Waals surface area contributed by atoms with Crippen LogP contribution in [0.5, 0.6) is 0 Å². The number of amides is 2. The number of hydrogen-bond donors (Lipinski definition) is 2. The molecule has 3 unspecified atom stereocenters.